The molecule has 2 aromatic carbocycles. The van der Waals surface area contributed by atoms with E-state index >= 15 is 0 Å². The van der Waals surface area contributed by atoms with Gasteiger partial charge in [0.15, 0.2) is 5.78 Å². The number of aryl methyl sites for hydroxylation is 1. The largest absolute Gasteiger partial charge is 0.369 e. The van der Waals surface area contributed by atoms with Crippen LogP contribution in [0.1, 0.15) is 16.1 Å². The first kappa shape index (κ1) is 20.3. The van der Waals surface area contributed by atoms with Crippen molar-refractivity contribution in [3.8, 4) is 11.3 Å². The molecule has 1 fully saturated rings. The van der Waals surface area contributed by atoms with Crippen molar-refractivity contribution in [2.24, 2.45) is 7.05 Å². The van der Waals surface area contributed by atoms with E-state index in [1.165, 1.54) is 0 Å². The Bertz CT molecular complexity index is 1270. The molecular formula is C25H26N6O. The Morgan fingerprint density at radius 1 is 0.969 bits per heavy atom. The van der Waals surface area contributed by atoms with Gasteiger partial charge in [0, 0.05) is 67.3 Å². The second kappa shape index (κ2) is 8.51. The van der Waals surface area contributed by atoms with Crippen molar-refractivity contribution < 1.29 is 4.79 Å². The van der Waals surface area contributed by atoms with Gasteiger partial charge in [-0.1, -0.05) is 29.5 Å². The van der Waals surface area contributed by atoms with Crippen molar-refractivity contribution in [3.63, 3.8) is 0 Å². The Morgan fingerprint density at radius 3 is 2.59 bits per heavy atom. The Balaban J connectivity index is 1.36. The van der Waals surface area contributed by atoms with Gasteiger partial charge in [0.1, 0.15) is 5.69 Å². The Labute approximate surface area is 187 Å². The summed E-state index contributed by atoms with van der Waals surface area (Å²) in [5.41, 5.74) is 4.43. The molecule has 2 aromatic heterocycles. The summed E-state index contributed by atoms with van der Waals surface area (Å²) in [6, 6.07) is 16.1. The fraction of sp³-hybridized carbons (Fsp3) is 0.280. The first-order valence-corrected chi connectivity index (χ1v) is 10.9. The number of fused-ring (bicyclic) bond motifs is 1. The molecule has 4 aromatic rings. The van der Waals surface area contributed by atoms with Crippen LogP contribution in [-0.2, 0) is 13.5 Å². The molecule has 0 atom stereocenters. The molecule has 0 N–H and O–H groups in total. The maximum Gasteiger partial charge on any atom is 0.168 e. The number of anilines is 1. The molecule has 162 valence electrons. The van der Waals surface area contributed by atoms with E-state index in [9.17, 15) is 4.79 Å². The number of likely N-dealkylation sites (N-methyl/N-ethyl adjacent to an activating group) is 1. The third kappa shape index (κ3) is 4.24. The number of nitrogens with zero attached hydrogens (tertiary/aromatic N) is 6. The van der Waals surface area contributed by atoms with Gasteiger partial charge in [-0.3, -0.25) is 14.5 Å². The summed E-state index contributed by atoms with van der Waals surface area (Å²) >= 11 is 0. The molecule has 5 rings (SSSR count). The van der Waals surface area contributed by atoms with Crippen LogP contribution in [0.4, 0.5) is 5.69 Å². The van der Waals surface area contributed by atoms with Crippen LogP contribution in [0.3, 0.4) is 0 Å². The zero-order valence-electron chi connectivity index (χ0n) is 18.4. The van der Waals surface area contributed by atoms with Crippen LogP contribution in [0.2, 0.25) is 0 Å². The number of pyridine rings is 1. The number of hydrogen-bond donors (Lipinski definition) is 0. The number of carbonyl (C=O) groups is 1. The second-order valence-electron chi connectivity index (χ2n) is 8.46. The maximum absolute atomic E-state index is 13.0. The molecule has 3 heterocycles. The third-order valence-electron chi connectivity index (χ3n) is 6.06. The molecule has 1 saturated heterocycles. The lowest BCUT2D eigenvalue weighted by Crippen LogP contribution is -2.44. The number of aromatic nitrogens is 4. The van der Waals surface area contributed by atoms with Crippen molar-refractivity contribution in [2.75, 3.05) is 38.1 Å². The molecule has 7 heteroatoms. The molecule has 0 unspecified atom stereocenters. The van der Waals surface area contributed by atoms with Gasteiger partial charge in [-0.15, -0.1) is 5.10 Å². The number of piperazine rings is 1. The monoisotopic (exact) mass is 426 g/mol. The zero-order valence-corrected chi connectivity index (χ0v) is 18.4. The lowest BCUT2D eigenvalue weighted by atomic mass is 10.0. The quantitative estimate of drug-likeness (QED) is 0.457. The minimum absolute atomic E-state index is 0.0814. The van der Waals surface area contributed by atoms with Gasteiger partial charge < -0.3 is 9.80 Å². The molecule has 1 aliphatic heterocycles. The molecule has 0 radical (unpaired) electrons. The van der Waals surface area contributed by atoms with Crippen LogP contribution in [-0.4, -0.2) is 63.9 Å². The number of carbonyl (C=O) groups excluding carboxylic acids is 1. The smallest absolute Gasteiger partial charge is 0.168 e. The number of ketones is 1. The van der Waals surface area contributed by atoms with E-state index in [1.54, 1.807) is 4.68 Å². The summed E-state index contributed by atoms with van der Waals surface area (Å²) in [6.07, 6.45) is 4.00. The second-order valence-corrected chi connectivity index (χ2v) is 8.46. The first-order chi connectivity index (χ1) is 15.5. The minimum atomic E-state index is 0.0814. The van der Waals surface area contributed by atoms with E-state index in [2.05, 4.69) is 44.3 Å². The number of hydrogen-bond acceptors (Lipinski definition) is 6. The molecule has 1 aliphatic rings. The SMILES string of the molecule is CN1CCN(c2cccc(C(=O)Cc3cc4cc(-c5cn(C)nn5)ccc4cn3)c2)CC1. The maximum atomic E-state index is 13.0. The molecule has 0 spiro atoms. The number of rotatable bonds is 5. The standard InChI is InChI=1S/C25H26N6O/c1-29-8-10-31(11-9-29)23-5-3-4-19(14-23)25(32)15-22-13-21-12-18(6-7-20(21)16-26-22)24-17-30(2)28-27-24/h3-7,12-14,16-17H,8-11,15H2,1-2H3. The van der Waals surface area contributed by atoms with Gasteiger partial charge in [0.2, 0.25) is 0 Å². The third-order valence-corrected chi connectivity index (χ3v) is 6.06. The molecular weight excluding hydrogens is 400 g/mol. The fourth-order valence-electron chi connectivity index (χ4n) is 4.13. The lowest BCUT2D eigenvalue weighted by Gasteiger charge is -2.34. The summed E-state index contributed by atoms with van der Waals surface area (Å²) < 4.78 is 1.69. The van der Waals surface area contributed by atoms with Crippen LogP contribution in [0.15, 0.2) is 60.9 Å². The van der Waals surface area contributed by atoms with Gasteiger partial charge in [-0.25, -0.2) is 0 Å². The van der Waals surface area contributed by atoms with Crippen molar-refractivity contribution in [3.05, 3.63) is 72.2 Å². The average Bonchev–Trinajstić information content (AvgIpc) is 3.25. The zero-order chi connectivity index (χ0) is 22.1. The molecule has 32 heavy (non-hydrogen) atoms. The van der Waals surface area contributed by atoms with Gasteiger partial charge >= 0.3 is 0 Å². The Hall–Kier alpha value is -3.58. The predicted molar refractivity (Wildman–Crippen MR) is 126 cm³/mol. The van der Waals surface area contributed by atoms with Gasteiger partial charge in [-0.2, -0.15) is 0 Å². The topological polar surface area (TPSA) is 67.2 Å². The highest BCUT2D eigenvalue weighted by molar-refractivity contribution is 5.98. The highest BCUT2D eigenvalue weighted by Crippen LogP contribution is 2.24. The van der Waals surface area contributed by atoms with E-state index in [1.807, 2.05) is 55.8 Å². The van der Waals surface area contributed by atoms with Gasteiger partial charge in [0.25, 0.3) is 0 Å². The average molecular weight is 427 g/mol. The molecule has 0 amide bonds. The van der Waals surface area contributed by atoms with Crippen LogP contribution in [0, 0.1) is 0 Å². The molecule has 0 saturated carbocycles. The summed E-state index contributed by atoms with van der Waals surface area (Å²) in [4.78, 5) is 22.2. The van der Waals surface area contributed by atoms with E-state index in [4.69, 9.17) is 0 Å². The Kier molecular flexibility index (Phi) is 5.41. The van der Waals surface area contributed by atoms with E-state index in [0.717, 1.165) is 65.2 Å². The van der Waals surface area contributed by atoms with Gasteiger partial charge in [-0.05, 0) is 36.7 Å². The van der Waals surface area contributed by atoms with Crippen LogP contribution in [0.5, 0.6) is 0 Å². The van der Waals surface area contributed by atoms with Crippen LogP contribution >= 0.6 is 0 Å². The summed E-state index contributed by atoms with van der Waals surface area (Å²) in [7, 11) is 3.99. The highest BCUT2D eigenvalue weighted by Gasteiger charge is 2.16. The van der Waals surface area contributed by atoms with Crippen molar-refractivity contribution in [1.29, 1.82) is 0 Å². The first-order valence-electron chi connectivity index (χ1n) is 10.9. The van der Waals surface area contributed by atoms with Crippen molar-refractivity contribution in [2.45, 2.75) is 6.42 Å². The number of Topliss-reactive ketones (excluding diaryl/α,β-unsaturated/α-hetero) is 1. The van der Waals surface area contributed by atoms with E-state index < -0.39 is 0 Å². The van der Waals surface area contributed by atoms with E-state index in [0.29, 0.717) is 0 Å². The lowest BCUT2D eigenvalue weighted by molar-refractivity contribution is 0.0992. The van der Waals surface area contributed by atoms with Gasteiger partial charge in [0.05, 0.1) is 12.6 Å². The summed E-state index contributed by atoms with van der Waals surface area (Å²) in [5, 5.41) is 10.3. The summed E-state index contributed by atoms with van der Waals surface area (Å²) in [6.45, 7) is 4.04. The molecule has 0 bridgehead atoms. The Morgan fingerprint density at radius 2 is 1.81 bits per heavy atom. The summed E-state index contributed by atoms with van der Waals surface area (Å²) in [5.74, 6) is 0.0814. The van der Waals surface area contributed by atoms with E-state index in [-0.39, 0.29) is 12.2 Å². The van der Waals surface area contributed by atoms with Crippen molar-refractivity contribution in [1.82, 2.24) is 24.9 Å². The van der Waals surface area contributed by atoms with Crippen LogP contribution in [0.25, 0.3) is 22.0 Å². The molecule has 7 nitrogen and oxygen atoms in total. The predicted octanol–water partition coefficient (Wildman–Crippen LogP) is 3.21. The normalized spacial score (nSPS) is 14.8. The molecule has 0 aliphatic carbocycles. The minimum Gasteiger partial charge on any atom is -0.369 e. The highest BCUT2D eigenvalue weighted by atomic mass is 16.1. The van der Waals surface area contributed by atoms with Crippen LogP contribution < -0.4 is 4.90 Å². The van der Waals surface area contributed by atoms with Crippen molar-refractivity contribution >= 4 is 22.2 Å². The fourth-order valence-corrected chi connectivity index (χ4v) is 4.13. The number of benzene rings is 2.